The summed E-state index contributed by atoms with van der Waals surface area (Å²) in [6.45, 7) is 9.61. The normalized spacial score (nSPS) is 14.5. The third-order valence-electron chi connectivity index (χ3n) is 6.06. The summed E-state index contributed by atoms with van der Waals surface area (Å²) in [7, 11) is 3.22. The summed E-state index contributed by atoms with van der Waals surface area (Å²) >= 11 is 1.42. The van der Waals surface area contributed by atoms with Crippen LogP contribution in [0, 0.1) is 6.92 Å². The van der Waals surface area contributed by atoms with Crippen molar-refractivity contribution in [2.75, 3.05) is 51.8 Å². The lowest BCUT2D eigenvalue weighted by Gasteiger charge is -2.35. The fourth-order valence-electron chi connectivity index (χ4n) is 4.26. The number of carbonyl (C=O) groups is 1. The number of aryl methyl sites for hydroxylation is 1. The first-order valence-corrected chi connectivity index (χ1v) is 12.1. The van der Waals surface area contributed by atoms with E-state index in [1.807, 2.05) is 25.1 Å². The minimum Gasteiger partial charge on any atom is -0.497 e. The Morgan fingerprint density at radius 1 is 1.15 bits per heavy atom. The Kier molecular flexibility index (Phi) is 7.29. The molecule has 0 radical (unpaired) electrons. The molecule has 1 N–H and O–H groups in total. The van der Waals surface area contributed by atoms with Crippen molar-refractivity contribution in [1.82, 2.24) is 20.2 Å². The Morgan fingerprint density at radius 2 is 1.94 bits per heavy atom. The van der Waals surface area contributed by atoms with Crippen LogP contribution >= 0.6 is 11.3 Å². The maximum absolute atomic E-state index is 13.1. The number of amides is 1. The van der Waals surface area contributed by atoms with Crippen molar-refractivity contribution in [3.05, 3.63) is 40.5 Å². The molecule has 1 saturated heterocycles. The Morgan fingerprint density at radius 3 is 2.64 bits per heavy atom. The number of rotatable bonds is 8. The number of fused-ring (bicyclic) bond motifs is 1. The van der Waals surface area contributed by atoms with E-state index in [4.69, 9.17) is 9.47 Å². The van der Waals surface area contributed by atoms with Crippen molar-refractivity contribution in [1.29, 1.82) is 0 Å². The Balaban J connectivity index is 1.53. The number of ether oxygens (including phenoxy) is 2. The van der Waals surface area contributed by atoms with Crippen LogP contribution in [0.2, 0.25) is 0 Å². The number of hydrogen-bond acceptors (Lipinski definition) is 8. The van der Waals surface area contributed by atoms with E-state index in [1.165, 1.54) is 17.8 Å². The van der Waals surface area contributed by atoms with Crippen LogP contribution in [-0.2, 0) is 6.54 Å². The fraction of sp³-hybridized carbons (Fsp3) is 0.458. The molecule has 0 unspecified atom stereocenters. The molecule has 0 saturated carbocycles. The molecule has 4 rings (SSSR count). The molecular formula is C24H31N5O3S. The highest BCUT2D eigenvalue weighted by atomic mass is 32.1. The van der Waals surface area contributed by atoms with E-state index in [1.54, 1.807) is 20.5 Å². The van der Waals surface area contributed by atoms with Crippen molar-refractivity contribution >= 4 is 33.3 Å². The zero-order valence-electron chi connectivity index (χ0n) is 19.7. The van der Waals surface area contributed by atoms with E-state index in [2.05, 4.69) is 32.0 Å². The summed E-state index contributed by atoms with van der Waals surface area (Å²) in [5.41, 5.74) is 1.82. The lowest BCUT2D eigenvalue weighted by atomic mass is 10.1. The zero-order valence-corrected chi connectivity index (χ0v) is 20.5. The number of nitrogens with one attached hydrogen (secondary N) is 1. The molecule has 1 amide bonds. The van der Waals surface area contributed by atoms with Gasteiger partial charge >= 0.3 is 0 Å². The summed E-state index contributed by atoms with van der Waals surface area (Å²) in [6.07, 6.45) is 2.78. The molecule has 9 heteroatoms. The third kappa shape index (κ3) is 4.89. The van der Waals surface area contributed by atoms with Crippen LogP contribution in [0.25, 0.3) is 10.2 Å². The number of piperazine rings is 1. The first-order chi connectivity index (χ1) is 16.0. The lowest BCUT2D eigenvalue weighted by Crippen LogP contribution is -2.46. The monoisotopic (exact) mass is 469 g/mol. The van der Waals surface area contributed by atoms with Gasteiger partial charge in [0.2, 0.25) is 0 Å². The van der Waals surface area contributed by atoms with E-state index < -0.39 is 0 Å². The maximum atomic E-state index is 13.1. The molecule has 0 spiro atoms. The van der Waals surface area contributed by atoms with E-state index in [0.717, 1.165) is 59.9 Å². The fourth-order valence-corrected chi connectivity index (χ4v) is 5.32. The quantitative estimate of drug-likeness (QED) is 0.541. The van der Waals surface area contributed by atoms with Gasteiger partial charge in [-0.15, -0.1) is 11.3 Å². The minimum atomic E-state index is -0.118. The summed E-state index contributed by atoms with van der Waals surface area (Å²) < 4.78 is 10.7. The molecule has 0 atom stereocenters. The van der Waals surface area contributed by atoms with Crippen LogP contribution in [0.4, 0.5) is 5.82 Å². The standard InChI is InChI=1S/C24H31N5O3S/c1-5-8-28-9-11-29(12-10-28)22-20-16(2)21(33-24(20)27-15-26-22)23(30)25-14-17-6-7-18(31-3)13-19(17)32-4/h6-7,13,15H,5,8-12,14H2,1-4H3,(H,25,30). The van der Waals surface area contributed by atoms with Gasteiger partial charge in [-0.25, -0.2) is 9.97 Å². The highest BCUT2D eigenvalue weighted by molar-refractivity contribution is 7.20. The van der Waals surface area contributed by atoms with Gasteiger partial charge in [0, 0.05) is 44.4 Å². The molecule has 2 aromatic heterocycles. The second-order valence-electron chi connectivity index (χ2n) is 8.12. The number of nitrogens with zero attached hydrogens (tertiary/aromatic N) is 4. The van der Waals surface area contributed by atoms with Crippen LogP contribution in [0.1, 0.15) is 34.1 Å². The molecule has 3 aromatic rings. The van der Waals surface area contributed by atoms with Crippen LogP contribution in [0.3, 0.4) is 0 Å². The van der Waals surface area contributed by atoms with E-state index >= 15 is 0 Å². The Labute approximate surface area is 198 Å². The third-order valence-corrected chi connectivity index (χ3v) is 7.26. The van der Waals surface area contributed by atoms with Crippen LogP contribution in [0.5, 0.6) is 11.5 Å². The number of carbonyl (C=O) groups excluding carboxylic acids is 1. The number of thiophene rings is 1. The molecule has 1 aliphatic rings. The number of benzene rings is 1. The first kappa shape index (κ1) is 23.3. The van der Waals surface area contributed by atoms with Crippen LogP contribution in [0.15, 0.2) is 24.5 Å². The van der Waals surface area contributed by atoms with E-state index in [9.17, 15) is 4.79 Å². The highest BCUT2D eigenvalue weighted by Gasteiger charge is 2.24. The Hall–Kier alpha value is -2.91. The summed E-state index contributed by atoms with van der Waals surface area (Å²) in [5.74, 6) is 2.20. The minimum absolute atomic E-state index is 0.118. The van der Waals surface area contributed by atoms with Gasteiger partial charge in [0.25, 0.3) is 5.91 Å². The lowest BCUT2D eigenvalue weighted by molar-refractivity contribution is 0.0954. The maximum Gasteiger partial charge on any atom is 0.261 e. The molecule has 1 aromatic carbocycles. The molecule has 176 valence electrons. The second kappa shape index (κ2) is 10.4. The molecular weight excluding hydrogens is 438 g/mol. The Bertz CT molecular complexity index is 1120. The van der Waals surface area contributed by atoms with Crippen LogP contribution < -0.4 is 19.7 Å². The van der Waals surface area contributed by atoms with Crippen molar-refractivity contribution in [3.8, 4) is 11.5 Å². The van der Waals surface area contributed by atoms with Crippen molar-refractivity contribution in [2.45, 2.75) is 26.8 Å². The molecule has 0 bridgehead atoms. The number of hydrogen-bond donors (Lipinski definition) is 1. The summed E-state index contributed by atoms with van der Waals surface area (Å²) in [4.78, 5) is 28.5. The molecule has 3 heterocycles. The van der Waals surface area contributed by atoms with Gasteiger partial charge in [-0.05, 0) is 37.6 Å². The van der Waals surface area contributed by atoms with E-state index in [0.29, 0.717) is 22.9 Å². The molecule has 8 nitrogen and oxygen atoms in total. The van der Waals surface area contributed by atoms with Gasteiger partial charge in [0.05, 0.1) is 24.5 Å². The predicted octanol–water partition coefficient (Wildman–Crippen LogP) is 3.48. The molecule has 33 heavy (non-hydrogen) atoms. The average Bonchev–Trinajstić information content (AvgIpc) is 3.20. The molecule has 0 aliphatic carbocycles. The first-order valence-electron chi connectivity index (χ1n) is 11.3. The number of aromatic nitrogens is 2. The van der Waals surface area contributed by atoms with Gasteiger partial charge in [-0.3, -0.25) is 9.69 Å². The number of anilines is 1. The number of methoxy groups -OCH3 is 2. The average molecular weight is 470 g/mol. The van der Waals surface area contributed by atoms with Crippen molar-refractivity contribution in [3.63, 3.8) is 0 Å². The van der Waals surface area contributed by atoms with Crippen molar-refractivity contribution < 1.29 is 14.3 Å². The van der Waals surface area contributed by atoms with Crippen LogP contribution in [-0.4, -0.2) is 67.7 Å². The highest BCUT2D eigenvalue weighted by Crippen LogP contribution is 2.35. The zero-order chi connectivity index (χ0) is 23.4. The summed E-state index contributed by atoms with van der Waals surface area (Å²) in [5, 5.41) is 4.02. The second-order valence-corrected chi connectivity index (χ2v) is 9.12. The molecule has 1 aliphatic heterocycles. The van der Waals surface area contributed by atoms with Gasteiger partial charge < -0.3 is 19.7 Å². The smallest absolute Gasteiger partial charge is 0.261 e. The van der Waals surface area contributed by atoms with Gasteiger partial charge in [0.1, 0.15) is 28.5 Å². The van der Waals surface area contributed by atoms with Gasteiger partial charge in [-0.2, -0.15) is 0 Å². The largest absolute Gasteiger partial charge is 0.497 e. The van der Waals surface area contributed by atoms with Gasteiger partial charge in [-0.1, -0.05) is 6.92 Å². The van der Waals surface area contributed by atoms with Crippen molar-refractivity contribution in [2.24, 2.45) is 0 Å². The predicted molar refractivity (Wildman–Crippen MR) is 132 cm³/mol. The SMILES string of the molecule is CCCN1CCN(c2ncnc3sc(C(=O)NCc4ccc(OC)cc4OC)c(C)c23)CC1. The van der Waals surface area contributed by atoms with Gasteiger partial charge in [0.15, 0.2) is 0 Å². The van der Waals surface area contributed by atoms with E-state index in [-0.39, 0.29) is 5.91 Å². The molecule has 1 fully saturated rings. The summed E-state index contributed by atoms with van der Waals surface area (Å²) in [6, 6.07) is 5.57. The topological polar surface area (TPSA) is 79.8 Å².